The molecule has 112 valence electrons. The molecule has 0 unspecified atom stereocenters. The second-order valence-corrected chi connectivity index (χ2v) is 6.37. The van der Waals surface area contributed by atoms with Gasteiger partial charge in [-0.2, -0.15) is 14.8 Å². The van der Waals surface area contributed by atoms with Crippen molar-refractivity contribution >= 4 is 27.3 Å². The normalized spacial score (nSPS) is 11.1. The zero-order chi connectivity index (χ0) is 16.0. The minimum atomic E-state index is -4.23. The zero-order valence-corrected chi connectivity index (χ0v) is 12.5. The highest BCUT2D eigenvalue weighted by Gasteiger charge is 2.28. The number of sulfonamides is 1. The number of nitrogen functional groups attached to an aromatic ring is 1. The molecule has 0 aliphatic carbocycles. The molecule has 0 amide bonds. The Morgan fingerprint density at radius 2 is 1.76 bits per heavy atom. The van der Waals surface area contributed by atoms with Crippen LogP contribution in [0.2, 0.25) is 5.02 Å². The number of nitriles is 2. The van der Waals surface area contributed by atoms with E-state index < -0.39 is 20.7 Å². The van der Waals surface area contributed by atoms with Gasteiger partial charge in [0.25, 0.3) is 0 Å². The van der Waals surface area contributed by atoms with Gasteiger partial charge in [0.2, 0.25) is 10.0 Å². The van der Waals surface area contributed by atoms with E-state index in [1.807, 2.05) is 0 Å². The molecule has 0 fully saturated rings. The average molecular weight is 331 g/mol. The largest absolute Gasteiger partial charge is 0.396 e. The molecule has 2 N–H and O–H groups in total. The number of hydrogen-bond acceptors (Lipinski definition) is 5. The molecule has 9 heteroatoms. The Bertz CT molecular complexity index is 691. The summed E-state index contributed by atoms with van der Waals surface area (Å²) in [5.74, 6) is -1.10. The van der Waals surface area contributed by atoms with Gasteiger partial charge in [0.15, 0.2) is 5.82 Å². The van der Waals surface area contributed by atoms with E-state index in [2.05, 4.69) is 0 Å². The number of nitrogens with two attached hydrogens (primary N) is 1. The van der Waals surface area contributed by atoms with Crippen LogP contribution in [0.1, 0.15) is 12.8 Å². The first-order valence-electron chi connectivity index (χ1n) is 5.83. The highest BCUT2D eigenvalue weighted by molar-refractivity contribution is 7.89. The summed E-state index contributed by atoms with van der Waals surface area (Å²) >= 11 is 5.71. The van der Waals surface area contributed by atoms with Crippen LogP contribution in [-0.2, 0) is 10.0 Å². The molecule has 1 rings (SSSR count). The second kappa shape index (κ2) is 7.23. The molecule has 1 aromatic carbocycles. The number of halogens is 2. The molecule has 0 radical (unpaired) electrons. The van der Waals surface area contributed by atoms with Crippen molar-refractivity contribution in [2.24, 2.45) is 0 Å². The third kappa shape index (κ3) is 4.05. The van der Waals surface area contributed by atoms with Crippen LogP contribution in [0.4, 0.5) is 10.1 Å². The molecule has 0 aliphatic rings. The summed E-state index contributed by atoms with van der Waals surface area (Å²) in [5, 5.41) is 17.1. The van der Waals surface area contributed by atoms with E-state index >= 15 is 0 Å². The lowest BCUT2D eigenvalue weighted by molar-refractivity contribution is 0.421. The topological polar surface area (TPSA) is 111 Å². The second-order valence-electron chi connectivity index (χ2n) is 4.03. The van der Waals surface area contributed by atoms with Crippen LogP contribution < -0.4 is 5.73 Å². The maximum atomic E-state index is 14.0. The Morgan fingerprint density at radius 1 is 1.24 bits per heavy atom. The summed E-state index contributed by atoms with van der Waals surface area (Å²) in [5.41, 5.74) is 4.98. The molecule has 0 saturated heterocycles. The first-order chi connectivity index (χ1) is 9.84. The Labute approximate surface area is 127 Å². The van der Waals surface area contributed by atoms with Crippen molar-refractivity contribution in [1.29, 1.82) is 10.5 Å². The standard InChI is InChI=1S/C12H12ClFN4O2S/c13-9-7-10(17)12(14)11(8-9)21(19,20)18(5-1-3-15)6-2-4-16/h7-8H,1-2,5-6,17H2. The fraction of sp³-hybridized carbons (Fsp3) is 0.333. The van der Waals surface area contributed by atoms with Crippen LogP contribution in [0.5, 0.6) is 0 Å². The van der Waals surface area contributed by atoms with Gasteiger partial charge in [0.1, 0.15) is 4.90 Å². The van der Waals surface area contributed by atoms with Crippen LogP contribution in [0.3, 0.4) is 0 Å². The molecule has 1 aromatic rings. The lowest BCUT2D eigenvalue weighted by Crippen LogP contribution is -2.33. The zero-order valence-electron chi connectivity index (χ0n) is 10.9. The molecular formula is C12H12ClFN4O2S. The molecular weight excluding hydrogens is 319 g/mol. The summed E-state index contributed by atoms with van der Waals surface area (Å²) in [4.78, 5) is -0.664. The summed E-state index contributed by atoms with van der Waals surface area (Å²) in [6, 6.07) is 5.66. The van der Waals surface area contributed by atoms with Crippen LogP contribution in [0.25, 0.3) is 0 Å². The van der Waals surface area contributed by atoms with E-state index in [0.29, 0.717) is 0 Å². The molecule has 0 saturated carbocycles. The molecule has 21 heavy (non-hydrogen) atoms. The van der Waals surface area contributed by atoms with Crippen molar-refractivity contribution in [2.45, 2.75) is 17.7 Å². The predicted octanol–water partition coefficient (Wildman–Crippen LogP) is 1.88. The lowest BCUT2D eigenvalue weighted by Gasteiger charge is -2.20. The maximum Gasteiger partial charge on any atom is 0.246 e. The molecule has 6 nitrogen and oxygen atoms in total. The number of anilines is 1. The van der Waals surface area contributed by atoms with Gasteiger partial charge in [-0.1, -0.05) is 11.6 Å². The Balaban J connectivity index is 3.29. The van der Waals surface area contributed by atoms with Crippen LogP contribution in [0.15, 0.2) is 17.0 Å². The van der Waals surface area contributed by atoms with Gasteiger partial charge in [0, 0.05) is 31.0 Å². The number of benzene rings is 1. The average Bonchev–Trinajstić information content (AvgIpc) is 2.42. The van der Waals surface area contributed by atoms with Crippen molar-refractivity contribution in [3.63, 3.8) is 0 Å². The fourth-order valence-electron chi connectivity index (χ4n) is 1.61. The third-order valence-corrected chi connectivity index (χ3v) is 4.71. The van der Waals surface area contributed by atoms with Gasteiger partial charge in [-0.05, 0) is 12.1 Å². The first kappa shape index (κ1) is 17.2. The van der Waals surface area contributed by atoms with Crippen LogP contribution in [0, 0.1) is 28.5 Å². The van der Waals surface area contributed by atoms with Crippen LogP contribution in [-0.4, -0.2) is 25.8 Å². The monoisotopic (exact) mass is 330 g/mol. The number of nitrogens with zero attached hydrogens (tertiary/aromatic N) is 3. The summed E-state index contributed by atoms with van der Waals surface area (Å²) in [6.07, 6.45) is -0.162. The summed E-state index contributed by atoms with van der Waals surface area (Å²) in [6.45, 7) is -0.293. The van der Waals surface area contributed by atoms with E-state index in [1.165, 1.54) is 0 Å². The first-order valence-corrected chi connectivity index (χ1v) is 7.65. The third-order valence-electron chi connectivity index (χ3n) is 2.60. The molecule has 0 atom stereocenters. The van der Waals surface area contributed by atoms with Crippen molar-refractivity contribution < 1.29 is 12.8 Å². The predicted molar refractivity (Wildman–Crippen MR) is 75.0 cm³/mol. The number of hydrogen-bond donors (Lipinski definition) is 1. The van der Waals surface area contributed by atoms with E-state index in [1.54, 1.807) is 12.1 Å². The molecule has 0 aliphatic heterocycles. The Hall–Kier alpha value is -1.87. The highest BCUT2D eigenvalue weighted by atomic mass is 35.5. The maximum absolute atomic E-state index is 14.0. The molecule has 0 spiro atoms. The van der Waals surface area contributed by atoms with E-state index in [9.17, 15) is 12.8 Å². The Morgan fingerprint density at radius 3 is 2.24 bits per heavy atom. The van der Waals surface area contributed by atoms with E-state index in [-0.39, 0.29) is 36.6 Å². The summed E-state index contributed by atoms with van der Waals surface area (Å²) < 4.78 is 39.7. The minimum absolute atomic E-state index is 0.0204. The highest BCUT2D eigenvalue weighted by Crippen LogP contribution is 2.27. The van der Waals surface area contributed by atoms with Gasteiger partial charge >= 0.3 is 0 Å². The number of rotatable bonds is 6. The Kier molecular flexibility index (Phi) is 5.91. The van der Waals surface area contributed by atoms with Crippen molar-refractivity contribution in [3.05, 3.63) is 23.0 Å². The summed E-state index contributed by atoms with van der Waals surface area (Å²) in [7, 11) is -4.23. The van der Waals surface area contributed by atoms with Gasteiger partial charge in [-0.3, -0.25) is 0 Å². The van der Waals surface area contributed by atoms with E-state index in [0.717, 1.165) is 16.4 Å². The van der Waals surface area contributed by atoms with Gasteiger partial charge in [0.05, 0.1) is 17.8 Å². The van der Waals surface area contributed by atoms with Gasteiger partial charge in [-0.15, -0.1) is 0 Å². The molecule has 0 heterocycles. The quantitative estimate of drug-likeness (QED) is 0.800. The lowest BCUT2D eigenvalue weighted by atomic mass is 10.3. The molecule has 0 bridgehead atoms. The minimum Gasteiger partial charge on any atom is -0.396 e. The smallest absolute Gasteiger partial charge is 0.246 e. The van der Waals surface area contributed by atoms with Gasteiger partial charge < -0.3 is 5.73 Å². The molecule has 0 aromatic heterocycles. The fourth-order valence-corrected chi connectivity index (χ4v) is 3.47. The van der Waals surface area contributed by atoms with Crippen molar-refractivity contribution in [1.82, 2.24) is 4.31 Å². The van der Waals surface area contributed by atoms with Gasteiger partial charge in [-0.25, -0.2) is 12.8 Å². The SMILES string of the molecule is N#CCCN(CCC#N)S(=O)(=O)c1cc(Cl)cc(N)c1F. The van der Waals surface area contributed by atoms with Crippen LogP contribution >= 0.6 is 11.6 Å². The van der Waals surface area contributed by atoms with Crippen molar-refractivity contribution in [2.75, 3.05) is 18.8 Å². The van der Waals surface area contributed by atoms with Crippen molar-refractivity contribution in [3.8, 4) is 12.1 Å². The van der Waals surface area contributed by atoms with E-state index in [4.69, 9.17) is 27.9 Å².